The predicted octanol–water partition coefficient (Wildman–Crippen LogP) is 4.37. The second-order valence-corrected chi connectivity index (χ2v) is 4.40. The molecule has 0 spiro atoms. The minimum Gasteiger partial charge on any atom is -0.0850 e. The Morgan fingerprint density at radius 1 is 1.40 bits per heavy atom. The van der Waals surface area contributed by atoms with E-state index >= 15 is 0 Å². The summed E-state index contributed by atoms with van der Waals surface area (Å²) in [7, 11) is 0. The minimum atomic E-state index is 0.673. The summed E-state index contributed by atoms with van der Waals surface area (Å²) in [5, 5.41) is 0. The van der Waals surface area contributed by atoms with E-state index in [9.17, 15) is 0 Å². The molecule has 0 N–H and O–H groups in total. The Morgan fingerprint density at radius 3 is 2.93 bits per heavy atom. The Hall–Kier alpha value is -1.04. The third-order valence-corrected chi connectivity index (χ3v) is 3.01. The van der Waals surface area contributed by atoms with Gasteiger partial charge >= 0.3 is 0 Å². The molecule has 0 saturated heterocycles. The fraction of sp³-hybridized carbons (Fsp3) is 0.467. The monoisotopic (exact) mass is 201 g/mol. The van der Waals surface area contributed by atoms with Gasteiger partial charge in [-0.15, -0.1) is 0 Å². The van der Waals surface area contributed by atoms with E-state index in [1.54, 1.807) is 0 Å². The van der Waals surface area contributed by atoms with Gasteiger partial charge in [0, 0.05) is 0 Å². The summed E-state index contributed by atoms with van der Waals surface area (Å²) in [5.74, 6) is 0.673. The largest absolute Gasteiger partial charge is 0.0850 e. The van der Waals surface area contributed by atoms with Gasteiger partial charge in [-0.1, -0.05) is 61.7 Å². The number of hydrogen-bond acceptors (Lipinski definition) is 0. The van der Waals surface area contributed by atoms with Crippen molar-refractivity contribution in [3.05, 3.63) is 47.5 Å². The van der Waals surface area contributed by atoms with Crippen LogP contribution in [-0.4, -0.2) is 0 Å². The lowest BCUT2D eigenvalue weighted by molar-refractivity contribution is 0.808. The third kappa shape index (κ3) is 3.23. The molecule has 2 rings (SSSR count). The molecule has 0 heteroatoms. The van der Waals surface area contributed by atoms with Crippen LogP contribution in [0.1, 0.15) is 39.5 Å². The maximum atomic E-state index is 7.97. The van der Waals surface area contributed by atoms with Crippen molar-refractivity contribution in [2.24, 2.45) is 5.92 Å². The van der Waals surface area contributed by atoms with Crippen LogP contribution >= 0.6 is 0 Å². The normalized spacial score (nSPS) is 23.5. The summed E-state index contributed by atoms with van der Waals surface area (Å²) < 4.78 is 7.97. The third-order valence-electron chi connectivity index (χ3n) is 3.01. The lowest BCUT2D eigenvalue weighted by Crippen LogP contribution is -1.85. The van der Waals surface area contributed by atoms with Crippen molar-refractivity contribution in [3.63, 3.8) is 0 Å². The molecule has 0 amide bonds. The molecule has 0 radical (unpaired) electrons. The average Bonchev–Trinajstić information content (AvgIpc) is 3.06. The van der Waals surface area contributed by atoms with E-state index in [2.05, 4.69) is 37.3 Å². The molecule has 0 aliphatic heterocycles. The molecular weight excluding hydrogens is 180 g/mol. The molecule has 1 fully saturated rings. The van der Waals surface area contributed by atoms with Gasteiger partial charge in [-0.05, 0) is 30.7 Å². The predicted molar refractivity (Wildman–Crippen MR) is 65.9 cm³/mol. The summed E-state index contributed by atoms with van der Waals surface area (Å²) >= 11 is 0. The van der Waals surface area contributed by atoms with Gasteiger partial charge < -0.3 is 0 Å². The van der Waals surface area contributed by atoms with Crippen LogP contribution in [0.25, 0.3) is 0 Å². The van der Waals surface area contributed by atoms with E-state index in [-0.39, 0.29) is 0 Å². The first-order valence-electron chi connectivity index (χ1n) is 6.53. The molecule has 80 valence electrons. The molecule has 1 atom stereocenters. The number of benzene rings is 1. The molecule has 1 aliphatic carbocycles. The number of rotatable bonds is 5. The molecule has 1 aliphatic rings. The molecule has 0 heterocycles. The van der Waals surface area contributed by atoms with Crippen molar-refractivity contribution < 1.29 is 1.37 Å². The molecule has 0 bridgehead atoms. The zero-order valence-electron chi connectivity index (χ0n) is 10.5. The van der Waals surface area contributed by atoms with Crippen LogP contribution in [0.3, 0.4) is 0 Å². The van der Waals surface area contributed by atoms with Crippen molar-refractivity contribution in [1.29, 1.82) is 0 Å². The first kappa shape index (κ1) is 9.21. The Balaban J connectivity index is 1.87. The SMILES string of the molecule is [2H]/C(CCCC)=C1/CC1Cc1ccccc1. The van der Waals surface area contributed by atoms with Gasteiger partial charge in [0.05, 0.1) is 1.37 Å². The smallest absolute Gasteiger partial charge is 0.0575 e. The number of hydrogen-bond donors (Lipinski definition) is 0. The maximum absolute atomic E-state index is 7.97. The van der Waals surface area contributed by atoms with Gasteiger partial charge in [-0.3, -0.25) is 0 Å². The second kappa shape index (κ2) is 5.16. The summed E-state index contributed by atoms with van der Waals surface area (Å²) in [6, 6.07) is 11.5. The van der Waals surface area contributed by atoms with E-state index in [4.69, 9.17) is 1.37 Å². The van der Waals surface area contributed by atoms with E-state index in [1.807, 2.05) is 0 Å². The Bertz CT molecular complexity index is 364. The molecule has 15 heavy (non-hydrogen) atoms. The van der Waals surface area contributed by atoms with Crippen LogP contribution < -0.4 is 0 Å². The first-order chi connectivity index (χ1) is 7.81. The lowest BCUT2D eigenvalue weighted by Gasteiger charge is -1.96. The topological polar surface area (TPSA) is 0 Å². The molecule has 1 saturated carbocycles. The van der Waals surface area contributed by atoms with E-state index in [0.29, 0.717) is 5.92 Å². The highest BCUT2D eigenvalue weighted by atomic mass is 14.3. The summed E-state index contributed by atoms with van der Waals surface area (Å²) in [6.45, 7) is 2.19. The first-order valence-corrected chi connectivity index (χ1v) is 6.03. The van der Waals surface area contributed by atoms with Gasteiger partial charge in [0.1, 0.15) is 0 Å². The van der Waals surface area contributed by atoms with Crippen molar-refractivity contribution in [3.8, 4) is 0 Å². The van der Waals surface area contributed by atoms with E-state index in [1.165, 1.54) is 24.0 Å². The van der Waals surface area contributed by atoms with Gasteiger partial charge in [0.25, 0.3) is 0 Å². The van der Waals surface area contributed by atoms with Crippen LogP contribution in [0.2, 0.25) is 0 Å². The van der Waals surface area contributed by atoms with Crippen LogP contribution in [0.15, 0.2) is 42.0 Å². The fourth-order valence-electron chi connectivity index (χ4n) is 1.94. The maximum Gasteiger partial charge on any atom is 0.0575 e. The minimum absolute atomic E-state index is 0.673. The van der Waals surface area contributed by atoms with Crippen LogP contribution in [0, 0.1) is 5.92 Å². The highest BCUT2D eigenvalue weighted by molar-refractivity contribution is 5.28. The summed E-state index contributed by atoms with van der Waals surface area (Å²) in [5.41, 5.74) is 2.82. The van der Waals surface area contributed by atoms with Crippen molar-refractivity contribution in [1.82, 2.24) is 0 Å². The Morgan fingerprint density at radius 2 is 2.20 bits per heavy atom. The summed E-state index contributed by atoms with van der Waals surface area (Å²) in [6.07, 6.45) is 5.64. The highest BCUT2D eigenvalue weighted by Crippen LogP contribution is 2.40. The van der Waals surface area contributed by atoms with Gasteiger partial charge in [-0.2, -0.15) is 0 Å². The quantitative estimate of drug-likeness (QED) is 0.621. The standard InChI is InChI=1S/C15H20/c1-2-3-5-10-14-12-15(14)11-13-8-6-4-7-9-13/h4,6-10,15H,2-3,5,11-12H2,1H3/b14-10+/i10D. The molecule has 1 unspecified atom stereocenters. The van der Waals surface area contributed by atoms with Crippen LogP contribution in [0.4, 0.5) is 0 Å². The van der Waals surface area contributed by atoms with Crippen molar-refractivity contribution >= 4 is 0 Å². The van der Waals surface area contributed by atoms with Crippen LogP contribution in [-0.2, 0) is 6.42 Å². The van der Waals surface area contributed by atoms with Gasteiger partial charge in [0.2, 0.25) is 0 Å². The van der Waals surface area contributed by atoms with Crippen molar-refractivity contribution in [2.75, 3.05) is 0 Å². The second-order valence-electron chi connectivity index (χ2n) is 4.40. The van der Waals surface area contributed by atoms with Crippen LogP contribution in [0.5, 0.6) is 0 Å². The highest BCUT2D eigenvalue weighted by Gasteiger charge is 2.28. The molecule has 0 aromatic heterocycles. The molecular formula is C15H20. The average molecular weight is 201 g/mol. The lowest BCUT2D eigenvalue weighted by atomic mass is 10.1. The zero-order chi connectivity index (χ0) is 11.4. The molecule has 1 aromatic carbocycles. The molecule has 0 nitrogen and oxygen atoms in total. The summed E-state index contributed by atoms with van der Waals surface area (Å²) in [4.78, 5) is 0. The van der Waals surface area contributed by atoms with Crippen molar-refractivity contribution in [2.45, 2.75) is 39.0 Å². The van der Waals surface area contributed by atoms with E-state index in [0.717, 1.165) is 25.3 Å². The Labute approximate surface area is 94.4 Å². The number of allylic oxidation sites excluding steroid dienone is 2. The van der Waals surface area contributed by atoms with Gasteiger partial charge in [-0.25, -0.2) is 0 Å². The Kier molecular flexibility index (Phi) is 3.16. The zero-order valence-corrected chi connectivity index (χ0v) is 9.50. The van der Waals surface area contributed by atoms with E-state index < -0.39 is 0 Å². The fourth-order valence-corrected chi connectivity index (χ4v) is 1.94. The number of unbranched alkanes of at least 4 members (excludes halogenated alkanes) is 1. The van der Waals surface area contributed by atoms with Gasteiger partial charge in [0.15, 0.2) is 0 Å². The molecule has 1 aromatic rings.